The van der Waals surface area contributed by atoms with Crippen LogP contribution in [0.25, 0.3) is 0 Å². The summed E-state index contributed by atoms with van der Waals surface area (Å²) in [5, 5.41) is 9.52. The number of aromatic hydroxyl groups is 1. The molecule has 0 spiro atoms. The van der Waals surface area contributed by atoms with Gasteiger partial charge in [0.05, 0.1) is 18.3 Å². The van der Waals surface area contributed by atoms with Gasteiger partial charge in [0, 0.05) is 12.2 Å². The Morgan fingerprint density at radius 3 is 2.65 bits per heavy atom. The van der Waals surface area contributed by atoms with Crippen LogP contribution in [0.5, 0.6) is 5.75 Å². The van der Waals surface area contributed by atoms with Crippen molar-refractivity contribution < 1.29 is 14.7 Å². The number of nitrogens with two attached hydrogens (primary N) is 1. The fraction of sp³-hybridized carbons (Fsp3) is 0.364. The first-order chi connectivity index (χ1) is 7.93. The molecule has 1 aromatic rings. The fourth-order valence-electron chi connectivity index (χ4n) is 1.38. The molecule has 6 nitrogen and oxygen atoms in total. The Morgan fingerprint density at radius 1 is 1.53 bits per heavy atom. The van der Waals surface area contributed by atoms with E-state index in [0.717, 1.165) is 0 Å². The molecule has 0 aromatic carbocycles. The van der Waals surface area contributed by atoms with Crippen LogP contribution in [0.3, 0.4) is 0 Å². The van der Waals surface area contributed by atoms with Crippen LogP contribution in [0.4, 0.5) is 0 Å². The molecule has 1 rings (SSSR count). The van der Waals surface area contributed by atoms with Crippen LogP contribution in [0, 0.1) is 0 Å². The van der Waals surface area contributed by atoms with E-state index in [1.807, 2.05) is 0 Å². The molecular formula is C11H15N3O3. The van der Waals surface area contributed by atoms with Crippen molar-refractivity contribution in [2.24, 2.45) is 5.73 Å². The number of carbonyl (C=O) groups is 2. The maximum absolute atomic E-state index is 12.1. The van der Waals surface area contributed by atoms with Gasteiger partial charge in [-0.05, 0) is 19.9 Å². The third kappa shape index (κ3) is 3.17. The molecule has 6 heteroatoms. The highest BCUT2D eigenvalue weighted by atomic mass is 16.3. The van der Waals surface area contributed by atoms with Crippen molar-refractivity contribution in [1.82, 2.24) is 9.88 Å². The van der Waals surface area contributed by atoms with E-state index >= 15 is 0 Å². The molecule has 0 atom stereocenters. The molecule has 2 amide bonds. The molecule has 0 saturated carbocycles. The van der Waals surface area contributed by atoms with Crippen molar-refractivity contribution >= 4 is 11.8 Å². The number of primary amides is 1. The van der Waals surface area contributed by atoms with Crippen LogP contribution in [-0.2, 0) is 4.79 Å². The van der Waals surface area contributed by atoms with Crippen LogP contribution in [0.2, 0.25) is 0 Å². The van der Waals surface area contributed by atoms with Gasteiger partial charge in [-0.1, -0.05) is 0 Å². The normalized spacial score (nSPS) is 10.3. The molecule has 0 fully saturated rings. The summed E-state index contributed by atoms with van der Waals surface area (Å²) in [6.45, 7) is 3.34. The minimum absolute atomic E-state index is 0.106. The summed E-state index contributed by atoms with van der Waals surface area (Å²) in [6.07, 6.45) is 2.58. The number of aromatic nitrogens is 1. The molecule has 0 aliphatic heterocycles. The second-order valence-corrected chi connectivity index (χ2v) is 3.89. The third-order valence-corrected chi connectivity index (χ3v) is 2.24. The Balaban J connectivity index is 3.00. The Labute approximate surface area is 99.1 Å². The number of hydrogen-bond acceptors (Lipinski definition) is 4. The molecule has 1 aromatic heterocycles. The zero-order chi connectivity index (χ0) is 13.0. The molecular weight excluding hydrogens is 222 g/mol. The number of carbonyl (C=O) groups excluding carboxylic acids is 2. The Morgan fingerprint density at radius 2 is 2.18 bits per heavy atom. The van der Waals surface area contributed by atoms with Gasteiger partial charge in [-0.15, -0.1) is 0 Å². The van der Waals surface area contributed by atoms with Crippen molar-refractivity contribution in [3.8, 4) is 5.75 Å². The summed E-state index contributed by atoms with van der Waals surface area (Å²) in [7, 11) is 0. The quantitative estimate of drug-likeness (QED) is 0.777. The van der Waals surface area contributed by atoms with E-state index in [1.165, 1.54) is 23.4 Å². The second-order valence-electron chi connectivity index (χ2n) is 3.89. The van der Waals surface area contributed by atoms with E-state index in [1.54, 1.807) is 13.8 Å². The Hall–Kier alpha value is -2.11. The smallest absolute Gasteiger partial charge is 0.258 e. The summed E-state index contributed by atoms with van der Waals surface area (Å²) in [5.74, 6) is -1.26. The predicted octanol–water partition coefficient (Wildman–Crippen LogP) is 0.123. The Bertz CT molecular complexity index is 432. The first kappa shape index (κ1) is 13.0. The zero-order valence-corrected chi connectivity index (χ0v) is 9.75. The minimum Gasteiger partial charge on any atom is -0.505 e. The topological polar surface area (TPSA) is 96.5 Å². The van der Waals surface area contributed by atoms with Gasteiger partial charge in [-0.3, -0.25) is 14.6 Å². The molecule has 3 N–H and O–H groups in total. The molecule has 0 radical (unpaired) electrons. The molecule has 0 saturated heterocycles. The van der Waals surface area contributed by atoms with E-state index in [4.69, 9.17) is 5.73 Å². The molecule has 0 aliphatic rings. The first-order valence-corrected chi connectivity index (χ1v) is 5.15. The van der Waals surface area contributed by atoms with Crippen molar-refractivity contribution in [1.29, 1.82) is 0 Å². The van der Waals surface area contributed by atoms with Crippen LogP contribution in [-0.4, -0.2) is 39.4 Å². The molecule has 1 heterocycles. The number of rotatable bonds is 4. The SMILES string of the molecule is CC(C)N(CC(N)=O)C(=O)c1ccncc1O. The standard InChI is InChI=1S/C11H15N3O3/c1-7(2)14(6-10(12)16)11(17)8-3-4-13-5-9(8)15/h3-5,7,15H,6H2,1-2H3,(H2,12,16). The highest BCUT2D eigenvalue weighted by Gasteiger charge is 2.22. The lowest BCUT2D eigenvalue weighted by molar-refractivity contribution is -0.119. The summed E-state index contributed by atoms with van der Waals surface area (Å²) in [5.41, 5.74) is 5.18. The van der Waals surface area contributed by atoms with Gasteiger partial charge in [0.15, 0.2) is 0 Å². The third-order valence-electron chi connectivity index (χ3n) is 2.24. The monoisotopic (exact) mass is 237 g/mol. The number of amides is 2. The van der Waals surface area contributed by atoms with Gasteiger partial charge < -0.3 is 15.7 Å². The van der Waals surface area contributed by atoms with Gasteiger partial charge in [-0.2, -0.15) is 0 Å². The van der Waals surface area contributed by atoms with Crippen molar-refractivity contribution in [3.63, 3.8) is 0 Å². The van der Waals surface area contributed by atoms with E-state index in [-0.39, 0.29) is 23.9 Å². The largest absolute Gasteiger partial charge is 0.505 e. The zero-order valence-electron chi connectivity index (χ0n) is 9.75. The maximum atomic E-state index is 12.1. The average molecular weight is 237 g/mol. The molecule has 17 heavy (non-hydrogen) atoms. The van der Waals surface area contributed by atoms with Gasteiger partial charge in [0.25, 0.3) is 5.91 Å². The second kappa shape index (κ2) is 5.29. The van der Waals surface area contributed by atoms with E-state index < -0.39 is 11.8 Å². The van der Waals surface area contributed by atoms with Gasteiger partial charge >= 0.3 is 0 Å². The molecule has 92 valence electrons. The maximum Gasteiger partial charge on any atom is 0.258 e. The summed E-state index contributed by atoms with van der Waals surface area (Å²) < 4.78 is 0. The van der Waals surface area contributed by atoms with Crippen molar-refractivity contribution in [2.75, 3.05) is 6.54 Å². The average Bonchev–Trinajstić information content (AvgIpc) is 2.25. The lowest BCUT2D eigenvalue weighted by Gasteiger charge is -2.25. The van der Waals surface area contributed by atoms with E-state index in [0.29, 0.717) is 0 Å². The van der Waals surface area contributed by atoms with Crippen LogP contribution in [0.1, 0.15) is 24.2 Å². The summed E-state index contributed by atoms with van der Waals surface area (Å²) in [6, 6.07) is 1.20. The van der Waals surface area contributed by atoms with E-state index in [2.05, 4.69) is 4.98 Å². The fourth-order valence-corrected chi connectivity index (χ4v) is 1.38. The highest BCUT2D eigenvalue weighted by Crippen LogP contribution is 2.17. The van der Waals surface area contributed by atoms with Crippen LogP contribution < -0.4 is 5.73 Å². The lowest BCUT2D eigenvalue weighted by Crippen LogP contribution is -2.42. The van der Waals surface area contributed by atoms with Gasteiger partial charge in [0.2, 0.25) is 5.91 Å². The molecule has 0 aliphatic carbocycles. The van der Waals surface area contributed by atoms with Crippen LogP contribution >= 0.6 is 0 Å². The molecule has 0 unspecified atom stereocenters. The summed E-state index contributed by atoms with van der Waals surface area (Å²) in [4.78, 5) is 27.9. The summed E-state index contributed by atoms with van der Waals surface area (Å²) >= 11 is 0. The first-order valence-electron chi connectivity index (χ1n) is 5.15. The lowest BCUT2D eigenvalue weighted by atomic mass is 10.2. The van der Waals surface area contributed by atoms with Crippen molar-refractivity contribution in [2.45, 2.75) is 19.9 Å². The van der Waals surface area contributed by atoms with Crippen LogP contribution in [0.15, 0.2) is 18.5 Å². The number of pyridine rings is 1. The number of hydrogen-bond donors (Lipinski definition) is 2. The van der Waals surface area contributed by atoms with Gasteiger partial charge in [-0.25, -0.2) is 0 Å². The van der Waals surface area contributed by atoms with E-state index in [9.17, 15) is 14.7 Å². The minimum atomic E-state index is -0.597. The Kier molecular flexibility index (Phi) is 4.03. The highest BCUT2D eigenvalue weighted by molar-refractivity contribution is 5.98. The number of nitrogens with zero attached hydrogens (tertiary/aromatic N) is 2. The van der Waals surface area contributed by atoms with Gasteiger partial charge in [0.1, 0.15) is 5.75 Å². The van der Waals surface area contributed by atoms with Crippen molar-refractivity contribution in [3.05, 3.63) is 24.0 Å². The predicted molar refractivity (Wildman–Crippen MR) is 61.3 cm³/mol. The molecule has 0 bridgehead atoms.